The first-order chi connectivity index (χ1) is 6.81. The second kappa shape index (κ2) is 3.46. The van der Waals surface area contributed by atoms with Crippen LogP contribution in [0, 0.1) is 0 Å². The quantitative estimate of drug-likeness (QED) is 0.739. The van der Waals surface area contributed by atoms with Gasteiger partial charge in [-0.3, -0.25) is 4.79 Å². The maximum atomic E-state index is 11.5. The van der Waals surface area contributed by atoms with E-state index in [2.05, 4.69) is 9.97 Å². The van der Waals surface area contributed by atoms with Crippen LogP contribution in [0.2, 0.25) is 0 Å². The minimum absolute atomic E-state index is 0.151. The molecule has 0 aliphatic rings. The van der Waals surface area contributed by atoms with Crippen LogP contribution in [0.3, 0.4) is 0 Å². The molecular formula is C11H10N2O. The van der Waals surface area contributed by atoms with Gasteiger partial charge in [-0.15, -0.1) is 0 Å². The number of fused-ring (bicyclic) bond motifs is 1. The predicted molar refractivity (Wildman–Crippen MR) is 57.1 cm³/mol. The van der Waals surface area contributed by atoms with Gasteiger partial charge in [0.05, 0.1) is 11.0 Å². The van der Waals surface area contributed by atoms with E-state index in [1.165, 1.54) is 0 Å². The Balaban J connectivity index is 2.77. The molecule has 0 unspecified atom stereocenters. The van der Waals surface area contributed by atoms with Crippen molar-refractivity contribution in [2.45, 2.75) is 6.92 Å². The Kier molecular flexibility index (Phi) is 2.14. The summed E-state index contributed by atoms with van der Waals surface area (Å²) in [4.78, 5) is 18.5. The summed E-state index contributed by atoms with van der Waals surface area (Å²) in [5, 5.41) is 0. The van der Waals surface area contributed by atoms with Crippen LogP contribution in [0.4, 0.5) is 0 Å². The maximum absolute atomic E-state index is 11.5. The van der Waals surface area contributed by atoms with Crippen molar-refractivity contribution in [3.8, 4) is 0 Å². The van der Waals surface area contributed by atoms with Crippen molar-refractivity contribution in [1.82, 2.24) is 9.97 Å². The third-order valence-electron chi connectivity index (χ3n) is 1.95. The third kappa shape index (κ3) is 1.44. The first kappa shape index (κ1) is 8.69. The van der Waals surface area contributed by atoms with Crippen LogP contribution in [0.5, 0.6) is 0 Å². The Morgan fingerprint density at radius 1 is 1.36 bits per heavy atom. The van der Waals surface area contributed by atoms with Gasteiger partial charge in [-0.2, -0.15) is 0 Å². The highest BCUT2D eigenvalue weighted by Gasteiger charge is 1.99. The van der Waals surface area contributed by atoms with Crippen molar-refractivity contribution in [2.75, 3.05) is 0 Å². The van der Waals surface area contributed by atoms with Crippen LogP contribution in [0.25, 0.3) is 17.1 Å². The average molecular weight is 186 g/mol. The molecule has 1 aromatic carbocycles. The molecular weight excluding hydrogens is 176 g/mol. The van der Waals surface area contributed by atoms with Gasteiger partial charge in [-0.1, -0.05) is 18.2 Å². The van der Waals surface area contributed by atoms with E-state index in [-0.39, 0.29) is 5.56 Å². The zero-order valence-electron chi connectivity index (χ0n) is 7.82. The number of nitrogens with zero attached hydrogens (tertiary/aromatic N) is 1. The lowest BCUT2D eigenvalue weighted by Crippen LogP contribution is -2.11. The third-order valence-corrected chi connectivity index (χ3v) is 1.95. The van der Waals surface area contributed by atoms with Crippen LogP contribution >= 0.6 is 0 Å². The van der Waals surface area contributed by atoms with Gasteiger partial charge in [0.2, 0.25) is 0 Å². The van der Waals surface area contributed by atoms with Gasteiger partial charge >= 0.3 is 0 Å². The Hall–Kier alpha value is -1.90. The normalized spacial score (nSPS) is 11.2. The standard InChI is InChI=1S/C11H10N2O/c1-2-5-10-11(14)13-9-7-4-3-6-8(9)12-10/h2-7H,1H3,(H,13,14). The monoisotopic (exact) mass is 186 g/mol. The number of hydrogen-bond acceptors (Lipinski definition) is 2. The molecule has 3 heteroatoms. The summed E-state index contributed by atoms with van der Waals surface area (Å²) in [7, 11) is 0. The van der Waals surface area contributed by atoms with Gasteiger partial charge in [0.15, 0.2) is 0 Å². The van der Waals surface area contributed by atoms with Crippen molar-refractivity contribution in [3.05, 3.63) is 46.4 Å². The van der Waals surface area contributed by atoms with Crippen LogP contribution < -0.4 is 5.56 Å². The van der Waals surface area contributed by atoms with Gasteiger partial charge < -0.3 is 4.98 Å². The maximum Gasteiger partial charge on any atom is 0.274 e. The molecule has 0 atom stereocenters. The van der Waals surface area contributed by atoms with E-state index in [4.69, 9.17) is 0 Å². The van der Waals surface area contributed by atoms with E-state index in [0.29, 0.717) is 5.69 Å². The zero-order valence-corrected chi connectivity index (χ0v) is 7.82. The average Bonchev–Trinajstić information content (AvgIpc) is 2.19. The molecule has 3 nitrogen and oxygen atoms in total. The Morgan fingerprint density at radius 2 is 2.14 bits per heavy atom. The summed E-state index contributed by atoms with van der Waals surface area (Å²) in [6.07, 6.45) is 3.50. The van der Waals surface area contributed by atoms with Crippen molar-refractivity contribution >= 4 is 17.1 Å². The highest BCUT2D eigenvalue weighted by Crippen LogP contribution is 2.06. The number of hydrogen-bond donors (Lipinski definition) is 1. The summed E-state index contributed by atoms with van der Waals surface area (Å²) < 4.78 is 0. The molecule has 2 aromatic rings. The van der Waals surface area contributed by atoms with Crippen LogP contribution in [0.15, 0.2) is 35.1 Å². The molecule has 70 valence electrons. The number of aromatic amines is 1. The van der Waals surface area contributed by atoms with Crippen molar-refractivity contribution < 1.29 is 0 Å². The van der Waals surface area contributed by atoms with Gasteiger partial charge in [0.25, 0.3) is 5.56 Å². The van der Waals surface area contributed by atoms with Gasteiger partial charge in [0.1, 0.15) is 5.69 Å². The fourth-order valence-corrected chi connectivity index (χ4v) is 1.31. The summed E-state index contributed by atoms with van der Waals surface area (Å²) in [6.45, 7) is 1.86. The number of benzene rings is 1. The molecule has 0 bridgehead atoms. The SMILES string of the molecule is CC=Cc1nc2ccccc2[nH]c1=O. The Morgan fingerprint density at radius 3 is 2.93 bits per heavy atom. The van der Waals surface area contributed by atoms with E-state index in [1.807, 2.05) is 31.2 Å². The van der Waals surface area contributed by atoms with E-state index in [9.17, 15) is 4.79 Å². The van der Waals surface area contributed by atoms with Crippen LogP contribution in [-0.4, -0.2) is 9.97 Å². The summed E-state index contributed by atoms with van der Waals surface area (Å²) in [6, 6.07) is 7.48. The smallest absolute Gasteiger partial charge is 0.274 e. The first-order valence-corrected chi connectivity index (χ1v) is 4.43. The Labute approximate surface area is 81.1 Å². The van der Waals surface area contributed by atoms with Crippen LogP contribution in [0.1, 0.15) is 12.6 Å². The largest absolute Gasteiger partial charge is 0.319 e. The summed E-state index contributed by atoms with van der Waals surface area (Å²) in [5.74, 6) is 0. The van der Waals surface area contributed by atoms with Gasteiger partial charge in [-0.05, 0) is 25.1 Å². The van der Waals surface area contributed by atoms with Crippen molar-refractivity contribution in [2.24, 2.45) is 0 Å². The minimum atomic E-state index is -0.151. The number of nitrogens with one attached hydrogen (secondary N) is 1. The highest BCUT2D eigenvalue weighted by molar-refractivity contribution is 5.74. The van der Waals surface area contributed by atoms with E-state index in [1.54, 1.807) is 12.2 Å². The van der Waals surface area contributed by atoms with E-state index >= 15 is 0 Å². The molecule has 1 heterocycles. The zero-order chi connectivity index (χ0) is 9.97. The van der Waals surface area contributed by atoms with Crippen molar-refractivity contribution in [3.63, 3.8) is 0 Å². The van der Waals surface area contributed by atoms with E-state index < -0.39 is 0 Å². The molecule has 0 aliphatic carbocycles. The first-order valence-electron chi connectivity index (χ1n) is 4.43. The fourth-order valence-electron chi connectivity index (χ4n) is 1.31. The topological polar surface area (TPSA) is 45.8 Å². The molecule has 0 saturated carbocycles. The number of allylic oxidation sites excluding steroid dienone is 1. The lowest BCUT2D eigenvalue weighted by Gasteiger charge is -1.97. The van der Waals surface area contributed by atoms with E-state index in [0.717, 1.165) is 11.0 Å². The number of aromatic nitrogens is 2. The second-order valence-corrected chi connectivity index (χ2v) is 2.97. The fraction of sp³-hybridized carbons (Fsp3) is 0.0909. The molecule has 0 aliphatic heterocycles. The lowest BCUT2D eigenvalue weighted by atomic mass is 10.3. The summed E-state index contributed by atoms with van der Waals surface area (Å²) >= 11 is 0. The molecule has 1 aromatic heterocycles. The van der Waals surface area contributed by atoms with Gasteiger partial charge in [-0.25, -0.2) is 4.98 Å². The number of H-pyrrole nitrogens is 1. The van der Waals surface area contributed by atoms with Crippen LogP contribution in [-0.2, 0) is 0 Å². The minimum Gasteiger partial charge on any atom is -0.319 e. The highest BCUT2D eigenvalue weighted by atomic mass is 16.1. The molecule has 0 saturated heterocycles. The van der Waals surface area contributed by atoms with Gasteiger partial charge in [0, 0.05) is 0 Å². The Bertz CT molecular complexity index is 540. The molecule has 0 radical (unpaired) electrons. The number of para-hydroxylation sites is 2. The molecule has 0 spiro atoms. The molecule has 2 rings (SSSR count). The molecule has 0 amide bonds. The summed E-state index contributed by atoms with van der Waals surface area (Å²) in [5.41, 5.74) is 1.87. The lowest BCUT2D eigenvalue weighted by molar-refractivity contribution is 1.19. The van der Waals surface area contributed by atoms with Crippen molar-refractivity contribution in [1.29, 1.82) is 0 Å². The molecule has 1 N–H and O–H groups in total. The number of rotatable bonds is 1. The molecule has 14 heavy (non-hydrogen) atoms. The second-order valence-electron chi connectivity index (χ2n) is 2.97. The molecule has 0 fully saturated rings. The predicted octanol–water partition coefficient (Wildman–Crippen LogP) is 1.96.